The van der Waals surface area contributed by atoms with Gasteiger partial charge < -0.3 is 0 Å². The molecule has 3 rings (SSSR count). The molecule has 0 amide bonds. The molecule has 3 aromatic rings. The summed E-state index contributed by atoms with van der Waals surface area (Å²) < 4.78 is 0. The van der Waals surface area contributed by atoms with Gasteiger partial charge in [-0.1, -0.05) is 23.7 Å². The van der Waals surface area contributed by atoms with Crippen molar-refractivity contribution < 1.29 is 0 Å². The molecule has 3 nitrogen and oxygen atoms in total. The van der Waals surface area contributed by atoms with Gasteiger partial charge in [0.25, 0.3) is 0 Å². The van der Waals surface area contributed by atoms with Gasteiger partial charge in [0.2, 0.25) is 0 Å². The van der Waals surface area contributed by atoms with Crippen molar-refractivity contribution in [3.8, 4) is 22.1 Å². The van der Waals surface area contributed by atoms with Crippen molar-refractivity contribution in [3.05, 3.63) is 53.1 Å². The highest BCUT2D eigenvalue weighted by Gasteiger charge is 2.08. The van der Waals surface area contributed by atoms with Crippen LogP contribution in [0.15, 0.2) is 48.1 Å². The van der Waals surface area contributed by atoms with E-state index in [1.54, 1.807) is 18.5 Å². The van der Waals surface area contributed by atoms with Crippen molar-refractivity contribution in [1.29, 1.82) is 0 Å². The van der Waals surface area contributed by atoms with E-state index in [2.05, 4.69) is 15.0 Å². The second-order valence-electron chi connectivity index (χ2n) is 3.62. The predicted octanol–water partition coefficient (Wildman–Crippen LogP) is 3.92. The second kappa shape index (κ2) is 4.84. The molecule has 88 valence electrons. The summed E-state index contributed by atoms with van der Waals surface area (Å²) in [4.78, 5) is 12.9. The van der Waals surface area contributed by atoms with Crippen LogP contribution in [0.3, 0.4) is 0 Å². The first kappa shape index (κ1) is 11.3. The van der Waals surface area contributed by atoms with Gasteiger partial charge in [0.15, 0.2) is 10.8 Å². The molecule has 2 aromatic heterocycles. The highest BCUT2D eigenvalue weighted by Crippen LogP contribution is 2.27. The lowest BCUT2D eigenvalue weighted by atomic mass is 10.2. The van der Waals surface area contributed by atoms with Crippen LogP contribution in [0.25, 0.3) is 22.1 Å². The molecule has 0 spiro atoms. The Labute approximate surface area is 113 Å². The summed E-state index contributed by atoms with van der Waals surface area (Å²) >= 11 is 7.40. The van der Waals surface area contributed by atoms with E-state index in [1.807, 2.05) is 29.6 Å². The van der Waals surface area contributed by atoms with Gasteiger partial charge >= 0.3 is 0 Å². The Morgan fingerprint density at radius 1 is 1.00 bits per heavy atom. The highest BCUT2D eigenvalue weighted by molar-refractivity contribution is 7.13. The molecule has 0 N–H and O–H groups in total. The summed E-state index contributed by atoms with van der Waals surface area (Å²) in [5, 5.41) is 3.54. The van der Waals surface area contributed by atoms with Gasteiger partial charge in [0.1, 0.15) is 0 Å². The Morgan fingerprint density at radius 3 is 2.44 bits per heavy atom. The first-order chi connectivity index (χ1) is 8.83. The van der Waals surface area contributed by atoms with Crippen molar-refractivity contribution in [2.24, 2.45) is 0 Å². The van der Waals surface area contributed by atoms with Crippen LogP contribution in [0.1, 0.15) is 0 Å². The van der Waals surface area contributed by atoms with Gasteiger partial charge in [-0.3, -0.25) is 0 Å². The summed E-state index contributed by atoms with van der Waals surface area (Å²) in [6.07, 6.45) is 3.43. The summed E-state index contributed by atoms with van der Waals surface area (Å²) in [5.74, 6) is 0.655. The molecule has 0 aliphatic rings. The van der Waals surface area contributed by atoms with E-state index in [-0.39, 0.29) is 0 Å². The zero-order chi connectivity index (χ0) is 12.4. The molecule has 5 heteroatoms. The van der Waals surface area contributed by atoms with Crippen LogP contribution in [-0.2, 0) is 0 Å². The number of rotatable bonds is 2. The van der Waals surface area contributed by atoms with Crippen LogP contribution >= 0.6 is 22.9 Å². The molecule has 1 aromatic carbocycles. The third-order valence-electron chi connectivity index (χ3n) is 2.40. The molecule has 0 bridgehead atoms. The number of thiazole rings is 1. The molecule has 0 saturated heterocycles. The Bertz CT molecular complexity index is 650. The molecule has 0 aliphatic carbocycles. The lowest BCUT2D eigenvalue weighted by molar-refractivity contribution is 1.16. The smallest absolute Gasteiger partial charge is 0.188 e. The molecule has 0 radical (unpaired) electrons. The molecule has 2 heterocycles. The van der Waals surface area contributed by atoms with Gasteiger partial charge in [0, 0.05) is 28.4 Å². The molecule has 0 fully saturated rings. The van der Waals surface area contributed by atoms with Gasteiger partial charge in [-0.2, -0.15) is 0 Å². The average molecular weight is 274 g/mol. The van der Waals surface area contributed by atoms with E-state index in [1.165, 1.54) is 11.3 Å². The van der Waals surface area contributed by atoms with Crippen molar-refractivity contribution >= 4 is 22.9 Å². The number of nitrogens with zero attached hydrogens (tertiary/aromatic N) is 3. The minimum atomic E-state index is 0.655. The van der Waals surface area contributed by atoms with Gasteiger partial charge in [0.05, 0.1) is 5.69 Å². The van der Waals surface area contributed by atoms with Crippen molar-refractivity contribution in [2.75, 3.05) is 0 Å². The maximum Gasteiger partial charge on any atom is 0.188 e. The Morgan fingerprint density at radius 2 is 1.72 bits per heavy atom. The summed E-state index contributed by atoms with van der Waals surface area (Å²) in [6, 6.07) is 9.40. The Hall–Kier alpha value is -1.78. The van der Waals surface area contributed by atoms with Crippen LogP contribution in [0.4, 0.5) is 0 Å². The lowest BCUT2D eigenvalue weighted by Crippen LogP contribution is -1.85. The number of halogens is 1. The molecular formula is C13H8ClN3S. The Kier molecular flexibility index (Phi) is 3.04. The number of hydrogen-bond donors (Lipinski definition) is 0. The molecule has 18 heavy (non-hydrogen) atoms. The average Bonchev–Trinajstić information content (AvgIpc) is 2.90. The highest BCUT2D eigenvalue weighted by atomic mass is 35.5. The van der Waals surface area contributed by atoms with E-state index in [4.69, 9.17) is 11.6 Å². The largest absolute Gasteiger partial charge is 0.234 e. The molecule has 0 atom stereocenters. The third-order valence-corrected chi connectivity index (χ3v) is 3.49. The van der Waals surface area contributed by atoms with E-state index in [0.717, 1.165) is 21.3 Å². The summed E-state index contributed by atoms with van der Waals surface area (Å²) in [5.41, 5.74) is 1.96. The monoisotopic (exact) mass is 273 g/mol. The molecule has 0 unspecified atom stereocenters. The first-order valence-corrected chi connectivity index (χ1v) is 6.57. The topological polar surface area (TPSA) is 38.7 Å². The van der Waals surface area contributed by atoms with Crippen molar-refractivity contribution in [2.45, 2.75) is 0 Å². The fraction of sp³-hybridized carbons (Fsp3) is 0. The maximum absolute atomic E-state index is 5.86. The fourth-order valence-corrected chi connectivity index (χ4v) is 2.44. The first-order valence-electron chi connectivity index (χ1n) is 5.32. The molecule has 0 aliphatic heterocycles. The molecule has 0 saturated carbocycles. The van der Waals surface area contributed by atoms with Crippen LogP contribution in [0, 0.1) is 0 Å². The number of aromatic nitrogens is 3. The van der Waals surface area contributed by atoms with Gasteiger partial charge in [-0.15, -0.1) is 11.3 Å². The van der Waals surface area contributed by atoms with Gasteiger partial charge in [-0.25, -0.2) is 15.0 Å². The molecular weight excluding hydrogens is 266 g/mol. The van der Waals surface area contributed by atoms with Crippen molar-refractivity contribution in [1.82, 2.24) is 15.0 Å². The number of benzene rings is 1. The van der Waals surface area contributed by atoms with E-state index in [9.17, 15) is 0 Å². The predicted molar refractivity (Wildman–Crippen MR) is 73.6 cm³/mol. The van der Waals surface area contributed by atoms with Gasteiger partial charge in [-0.05, 0) is 18.2 Å². The lowest BCUT2D eigenvalue weighted by Gasteiger charge is -1.96. The van der Waals surface area contributed by atoms with E-state index in [0.29, 0.717) is 5.82 Å². The quantitative estimate of drug-likeness (QED) is 0.710. The summed E-state index contributed by atoms with van der Waals surface area (Å²) in [7, 11) is 0. The standard InChI is InChI=1S/C13H8ClN3S/c14-10-4-2-9(3-5-10)11-8-18-13(17-11)12-15-6-1-7-16-12/h1-8H. The van der Waals surface area contributed by atoms with Crippen LogP contribution in [-0.4, -0.2) is 15.0 Å². The minimum Gasteiger partial charge on any atom is -0.234 e. The maximum atomic E-state index is 5.86. The normalized spacial score (nSPS) is 10.5. The minimum absolute atomic E-state index is 0.655. The van der Waals surface area contributed by atoms with Crippen LogP contribution in [0.2, 0.25) is 5.02 Å². The third kappa shape index (κ3) is 2.25. The number of hydrogen-bond acceptors (Lipinski definition) is 4. The fourth-order valence-electron chi connectivity index (χ4n) is 1.54. The SMILES string of the molecule is Clc1ccc(-c2csc(-c3ncccn3)n2)cc1. The van der Waals surface area contributed by atoms with E-state index >= 15 is 0 Å². The van der Waals surface area contributed by atoms with Crippen LogP contribution < -0.4 is 0 Å². The van der Waals surface area contributed by atoms with E-state index < -0.39 is 0 Å². The summed E-state index contributed by atoms with van der Waals surface area (Å²) in [6.45, 7) is 0. The van der Waals surface area contributed by atoms with Crippen LogP contribution in [0.5, 0.6) is 0 Å². The zero-order valence-corrected chi connectivity index (χ0v) is 10.8. The zero-order valence-electron chi connectivity index (χ0n) is 9.25. The second-order valence-corrected chi connectivity index (χ2v) is 4.91. The Balaban J connectivity index is 1.97. The van der Waals surface area contributed by atoms with Crippen molar-refractivity contribution in [3.63, 3.8) is 0 Å².